The number of hydrogen-bond acceptors (Lipinski definition) is 3. The quantitative estimate of drug-likeness (QED) is 0.603. The van der Waals surface area contributed by atoms with Crippen LogP contribution in [0.15, 0.2) is 46.9 Å². The third kappa shape index (κ3) is 4.31. The van der Waals surface area contributed by atoms with E-state index in [4.69, 9.17) is 5.11 Å². The molecule has 0 aliphatic heterocycles. The summed E-state index contributed by atoms with van der Waals surface area (Å²) in [5, 5.41) is 8.61. The van der Waals surface area contributed by atoms with Gasteiger partial charge in [0.25, 0.3) is 0 Å². The molecule has 0 bridgehead atoms. The monoisotopic (exact) mass is 269 g/mol. The van der Waals surface area contributed by atoms with E-state index in [1.54, 1.807) is 18.2 Å². The highest BCUT2D eigenvalue weighted by Crippen LogP contribution is 2.06. The van der Waals surface area contributed by atoms with Gasteiger partial charge in [0.2, 0.25) is 10.0 Å². The van der Waals surface area contributed by atoms with Crippen molar-refractivity contribution in [1.29, 1.82) is 0 Å². The molecule has 98 valence electrons. The summed E-state index contributed by atoms with van der Waals surface area (Å²) in [7, 11) is -3.51. The zero-order chi connectivity index (χ0) is 13.6. The Balaban J connectivity index is 2.55. The van der Waals surface area contributed by atoms with Gasteiger partial charge in [0.1, 0.15) is 0 Å². The highest BCUT2D eigenvalue weighted by Gasteiger charge is 2.11. The second kappa shape index (κ2) is 6.32. The first kappa shape index (κ1) is 14.4. The summed E-state index contributed by atoms with van der Waals surface area (Å²) in [5.41, 5.74) is 0.203. The van der Waals surface area contributed by atoms with E-state index < -0.39 is 16.0 Å². The summed E-state index contributed by atoms with van der Waals surface area (Å²) >= 11 is 0. The van der Waals surface area contributed by atoms with Gasteiger partial charge in [0.15, 0.2) is 0 Å². The predicted molar refractivity (Wildman–Crippen MR) is 67.6 cm³/mol. The number of carbonyl (C=O) groups is 1. The van der Waals surface area contributed by atoms with E-state index in [0.717, 1.165) is 0 Å². The molecule has 0 amide bonds. The van der Waals surface area contributed by atoms with E-state index in [9.17, 15) is 13.2 Å². The minimum absolute atomic E-state index is 0.168. The van der Waals surface area contributed by atoms with Gasteiger partial charge in [-0.2, -0.15) is 0 Å². The molecule has 0 aliphatic carbocycles. The first-order valence-corrected chi connectivity index (χ1v) is 6.86. The molecule has 0 saturated heterocycles. The van der Waals surface area contributed by atoms with Crippen molar-refractivity contribution in [3.05, 3.63) is 42.0 Å². The lowest BCUT2D eigenvalue weighted by atomic mass is 10.2. The highest BCUT2D eigenvalue weighted by molar-refractivity contribution is 7.89. The van der Waals surface area contributed by atoms with Crippen LogP contribution in [-0.2, 0) is 14.8 Å². The fourth-order valence-corrected chi connectivity index (χ4v) is 2.32. The molecule has 0 fully saturated rings. The molecule has 0 atom stereocenters. The van der Waals surface area contributed by atoms with Crippen molar-refractivity contribution in [3.8, 4) is 0 Å². The number of benzene rings is 1. The van der Waals surface area contributed by atoms with Crippen molar-refractivity contribution in [2.75, 3.05) is 6.54 Å². The van der Waals surface area contributed by atoms with Gasteiger partial charge in [-0.3, -0.25) is 0 Å². The van der Waals surface area contributed by atoms with Crippen LogP contribution in [0, 0.1) is 0 Å². The van der Waals surface area contributed by atoms with Crippen LogP contribution in [0.2, 0.25) is 0 Å². The molecule has 0 heterocycles. The smallest absolute Gasteiger partial charge is 0.330 e. The Hall–Kier alpha value is -1.66. The lowest BCUT2D eigenvalue weighted by Gasteiger charge is -2.05. The largest absolute Gasteiger partial charge is 0.478 e. The normalized spacial score (nSPS) is 12.4. The molecule has 6 heteroatoms. The Kier molecular flexibility index (Phi) is 5.06. The van der Waals surface area contributed by atoms with Crippen LogP contribution in [0.4, 0.5) is 0 Å². The number of carboxylic acids is 1. The number of sulfonamides is 1. The van der Waals surface area contributed by atoms with Gasteiger partial charge < -0.3 is 5.11 Å². The number of carboxylic acid groups (broad SMARTS) is 1. The van der Waals surface area contributed by atoms with E-state index in [1.807, 2.05) is 0 Å². The summed E-state index contributed by atoms with van der Waals surface area (Å²) in [5.74, 6) is -0.999. The van der Waals surface area contributed by atoms with Crippen LogP contribution >= 0.6 is 0 Å². The lowest BCUT2D eigenvalue weighted by molar-refractivity contribution is -0.132. The van der Waals surface area contributed by atoms with Crippen molar-refractivity contribution in [2.24, 2.45) is 0 Å². The van der Waals surface area contributed by atoms with E-state index in [0.29, 0.717) is 6.42 Å². The topological polar surface area (TPSA) is 83.5 Å². The molecule has 0 radical (unpaired) electrons. The fraction of sp³-hybridized carbons (Fsp3) is 0.250. The predicted octanol–water partition coefficient (Wildman–Crippen LogP) is 1.39. The molecular formula is C12H15NO4S. The number of rotatable bonds is 6. The van der Waals surface area contributed by atoms with Crippen LogP contribution in [-0.4, -0.2) is 26.0 Å². The Morgan fingerprint density at radius 3 is 2.50 bits per heavy atom. The lowest BCUT2D eigenvalue weighted by Crippen LogP contribution is -2.24. The van der Waals surface area contributed by atoms with Crippen molar-refractivity contribution in [2.45, 2.75) is 18.2 Å². The standard InChI is InChI=1S/C12H15NO4S/c1-10(12(14)15)6-5-9-13-18(16,17)11-7-3-2-4-8-11/h2-4,6-8,13H,5,9H2,1H3,(H,14,15)/b10-6+. The molecule has 0 spiro atoms. The molecule has 5 nitrogen and oxygen atoms in total. The zero-order valence-electron chi connectivity index (χ0n) is 9.96. The molecule has 1 rings (SSSR count). The number of hydrogen-bond donors (Lipinski definition) is 2. The maximum absolute atomic E-state index is 11.8. The average Bonchev–Trinajstić information content (AvgIpc) is 2.35. The van der Waals surface area contributed by atoms with Gasteiger partial charge in [0.05, 0.1) is 4.90 Å². The summed E-state index contributed by atoms with van der Waals surface area (Å²) in [6.45, 7) is 1.63. The van der Waals surface area contributed by atoms with Crippen LogP contribution in [0.3, 0.4) is 0 Å². The molecule has 1 aromatic rings. The second-order valence-corrected chi connectivity index (χ2v) is 5.46. The SMILES string of the molecule is C/C(=C\CCNS(=O)(=O)c1ccccc1)C(=O)O. The van der Waals surface area contributed by atoms with E-state index in [1.165, 1.54) is 25.1 Å². The summed E-state index contributed by atoms with van der Waals surface area (Å²) in [6, 6.07) is 8.02. The fourth-order valence-electron chi connectivity index (χ4n) is 1.25. The third-order valence-electron chi connectivity index (χ3n) is 2.28. The van der Waals surface area contributed by atoms with Crippen LogP contribution < -0.4 is 4.72 Å². The number of nitrogens with one attached hydrogen (secondary N) is 1. The Labute approximate surface area is 106 Å². The maximum Gasteiger partial charge on any atom is 0.330 e. The minimum Gasteiger partial charge on any atom is -0.478 e. The summed E-state index contributed by atoms with van der Waals surface area (Å²) in [4.78, 5) is 10.7. The highest BCUT2D eigenvalue weighted by atomic mass is 32.2. The van der Waals surface area contributed by atoms with Crippen LogP contribution in [0.1, 0.15) is 13.3 Å². The molecule has 18 heavy (non-hydrogen) atoms. The van der Waals surface area contributed by atoms with Gasteiger partial charge >= 0.3 is 5.97 Å². The van der Waals surface area contributed by atoms with E-state index in [-0.39, 0.29) is 17.0 Å². The molecule has 0 aromatic heterocycles. The molecule has 2 N–H and O–H groups in total. The second-order valence-electron chi connectivity index (χ2n) is 3.69. The molecule has 0 unspecified atom stereocenters. The minimum atomic E-state index is -3.51. The van der Waals surface area contributed by atoms with Gasteiger partial charge in [-0.05, 0) is 25.5 Å². The van der Waals surface area contributed by atoms with Crippen molar-refractivity contribution in [1.82, 2.24) is 4.72 Å². The van der Waals surface area contributed by atoms with Gasteiger partial charge in [-0.15, -0.1) is 0 Å². The average molecular weight is 269 g/mol. The van der Waals surface area contributed by atoms with Crippen molar-refractivity contribution < 1.29 is 18.3 Å². The zero-order valence-corrected chi connectivity index (χ0v) is 10.8. The maximum atomic E-state index is 11.8. The molecule has 0 saturated carbocycles. The first-order valence-electron chi connectivity index (χ1n) is 5.38. The Morgan fingerprint density at radius 2 is 1.94 bits per heavy atom. The Morgan fingerprint density at radius 1 is 1.33 bits per heavy atom. The van der Waals surface area contributed by atoms with Crippen LogP contribution in [0.25, 0.3) is 0 Å². The van der Waals surface area contributed by atoms with Gasteiger partial charge in [0, 0.05) is 12.1 Å². The molecule has 0 aliphatic rings. The third-order valence-corrected chi connectivity index (χ3v) is 3.75. The van der Waals surface area contributed by atoms with E-state index >= 15 is 0 Å². The molecular weight excluding hydrogens is 254 g/mol. The van der Waals surface area contributed by atoms with Gasteiger partial charge in [-0.1, -0.05) is 24.3 Å². The van der Waals surface area contributed by atoms with Crippen LogP contribution in [0.5, 0.6) is 0 Å². The summed E-state index contributed by atoms with van der Waals surface area (Å²) in [6.07, 6.45) is 1.82. The van der Waals surface area contributed by atoms with Crippen molar-refractivity contribution >= 4 is 16.0 Å². The summed E-state index contributed by atoms with van der Waals surface area (Å²) < 4.78 is 25.9. The van der Waals surface area contributed by atoms with Gasteiger partial charge in [-0.25, -0.2) is 17.9 Å². The Bertz CT molecular complexity index is 534. The van der Waals surface area contributed by atoms with Crippen molar-refractivity contribution in [3.63, 3.8) is 0 Å². The first-order chi connectivity index (χ1) is 8.43. The number of aliphatic carboxylic acids is 1. The van der Waals surface area contributed by atoms with E-state index in [2.05, 4.69) is 4.72 Å². The molecule has 1 aromatic carbocycles.